The first-order valence-corrected chi connectivity index (χ1v) is 8.98. The van der Waals surface area contributed by atoms with Crippen molar-refractivity contribution in [3.63, 3.8) is 0 Å². The third kappa shape index (κ3) is 3.08. The third-order valence-electron chi connectivity index (χ3n) is 4.66. The van der Waals surface area contributed by atoms with Crippen molar-refractivity contribution in [1.29, 1.82) is 0 Å². The van der Waals surface area contributed by atoms with Crippen molar-refractivity contribution in [2.45, 2.75) is 37.8 Å². The van der Waals surface area contributed by atoms with Gasteiger partial charge in [-0.25, -0.2) is 4.98 Å². The van der Waals surface area contributed by atoms with E-state index in [1.54, 1.807) is 11.3 Å². The van der Waals surface area contributed by atoms with Gasteiger partial charge in [-0.15, -0.1) is 16.2 Å². The van der Waals surface area contributed by atoms with Crippen molar-refractivity contribution in [2.75, 3.05) is 14.1 Å². The minimum atomic E-state index is -0.826. The Morgan fingerprint density at radius 2 is 1.96 bits per heavy atom. The summed E-state index contributed by atoms with van der Waals surface area (Å²) in [6, 6.07) is 9.99. The molecule has 0 aliphatic heterocycles. The van der Waals surface area contributed by atoms with Gasteiger partial charge < -0.3 is 4.90 Å². The molecule has 3 rings (SSSR count). The van der Waals surface area contributed by atoms with Gasteiger partial charge in [0.05, 0.1) is 0 Å². The van der Waals surface area contributed by atoms with Crippen molar-refractivity contribution in [2.24, 2.45) is 11.1 Å². The molecule has 0 N–H and O–H groups in total. The molecule has 1 atom stereocenters. The van der Waals surface area contributed by atoms with Crippen LogP contribution in [0.25, 0.3) is 0 Å². The van der Waals surface area contributed by atoms with Crippen molar-refractivity contribution >= 4 is 11.3 Å². The largest absolute Gasteiger partial charge is 0.304 e. The molecule has 0 bridgehead atoms. The first-order valence-electron chi connectivity index (χ1n) is 8.16. The van der Waals surface area contributed by atoms with E-state index in [0.717, 1.165) is 30.0 Å². The molecule has 122 valence electrons. The Bertz CT molecular complexity index is 649. The molecule has 23 heavy (non-hydrogen) atoms. The van der Waals surface area contributed by atoms with E-state index in [0.29, 0.717) is 0 Å². The fourth-order valence-corrected chi connectivity index (χ4v) is 4.86. The first kappa shape index (κ1) is 16.3. The summed E-state index contributed by atoms with van der Waals surface area (Å²) >= 11 is 1.63. The Kier molecular flexibility index (Phi) is 4.87. The molecule has 1 aromatic heterocycles. The maximum absolute atomic E-state index is 12.2. The van der Waals surface area contributed by atoms with Gasteiger partial charge in [-0.05, 0) is 38.4 Å². The van der Waals surface area contributed by atoms with E-state index in [1.165, 1.54) is 17.7 Å². The number of rotatable bonds is 6. The third-order valence-corrected chi connectivity index (χ3v) is 5.76. The molecule has 0 saturated heterocycles. The zero-order chi connectivity index (χ0) is 16.3. The highest BCUT2D eigenvalue weighted by Gasteiger charge is 2.47. The van der Waals surface area contributed by atoms with Crippen molar-refractivity contribution in [3.05, 3.63) is 56.9 Å². The van der Waals surface area contributed by atoms with Crippen LogP contribution in [0.5, 0.6) is 0 Å². The number of aromatic nitrogens is 1. The second kappa shape index (κ2) is 6.89. The van der Waals surface area contributed by atoms with Crippen LogP contribution in [-0.2, 0) is 12.1 Å². The SMILES string of the molecule is CN(C)Cc1cnc(C(N=O)(c2ccccc2)C2CCCC2)s1. The minimum Gasteiger partial charge on any atom is -0.304 e. The highest BCUT2D eigenvalue weighted by molar-refractivity contribution is 7.11. The fraction of sp³-hybridized carbons (Fsp3) is 0.500. The lowest BCUT2D eigenvalue weighted by Crippen LogP contribution is -2.33. The molecule has 4 nitrogen and oxygen atoms in total. The summed E-state index contributed by atoms with van der Waals surface area (Å²) in [5.41, 5.74) is 0.153. The average Bonchev–Trinajstić information content (AvgIpc) is 3.22. The van der Waals surface area contributed by atoms with Crippen LogP contribution in [0.3, 0.4) is 0 Å². The summed E-state index contributed by atoms with van der Waals surface area (Å²) < 4.78 is 0. The predicted molar refractivity (Wildman–Crippen MR) is 94.5 cm³/mol. The molecule has 1 saturated carbocycles. The normalized spacial score (nSPS) is 18.2. The fourth-order valence-electron chi connectivity index (χ4n) is 3.60. The summed E-state index contributed by atoms with van der Waals surface area (Å²) in [6.07, 6.45) is 6.33. The topological polar surface area (TPSA) is 45.6 Å². The monoisotopic (exact) mass is 329 g/mol. The smallest absolute Gasteiger partial charge is 0.181 e. The van der Waals surface area contributed by atoms with Gasteiger partial charge in [-0.1, -0.05) is 48.4 Å². The van der Waals surface area contributed by atoms with Crippen LogP contribution in [0.1, 0.15) is 41.1 Å². The first-order chi connectivity index (χ1) is 11.2. The van der Waals surface area contributed by atoms with E-state index in [-0.39, 0.29) is 5.92 Å². The number of hydrogen-bond acceptors (Lipinski definition) is 5. The van der Waals surface area contributed by atoms with Gasteiger partial charge in [0.25, 0.3) is 0 Å². The molecule has 1 unspecified atom stereocenters. The molecule has 1 fully saturated rings. The summed E-state index contributed by atoms with van der Waals surface area (Å²) in [5, 5.41) is 4.57. The minimum absolute atomic E-state index is 0.251. The Balaban J connectivity index is 2.07. The summed E-state index contributed by atoms with van der Waals surface area (Å²) in [5.74, 6) is 0.251. The van der Waals surface area contributed by atoms with Crippen LogP contribution in [0.4, 0.5) is 0 Å². The van der Waals surface area contributed by atoms with Gasteiger partial charge >= 0.3 is 0 Å². The maximum atomic E-state index is 12.2. The van der Waals surface area contributed by atoms with Gasteiger partial charge in [0, 0.05) is 17.6 Å². The summed E-state index contributed by atoms with van der Waals surface area (Å²) in [7, 11) is 4.08. The molecule has 2 aromatic rings. The summed E-state index contributed by atoms with van der Waals surface area (Å²) in [6.45, 7) is 0.839. The van der Waals surface area contributed by atoms with E-state index >= 15 is 0 Å². The standard InChI is InChI=1S/C18H23N3OS/c1-21(2)13-16-12-19-17(23-16)18(20-22,15-10-6-7-11-15)14-8-4-3-5-9-14/h3-5,8-9,12,15H,6-7,10-11,13H2,1-2H3. The summed E-state index contributed by atoms with van der Waals surface area (Å²) in [4.78, 5) is 20.1. The van der Waals surface area contributed by atoms with Crippen LogP contribution in [-0.4, -0.2) is 24.0 Å². The molecule has 5 heteroatoms. The van der Waals surface area contributed by atoms with Crippen LogP contribution in [0.2, 0.25) is 0 Å². The van der Waals surface area contributed by atoms with Crippen LogP contribution in [0.15, 0.2) is 41.7 Å². The molecule has 1 heterocycles. The quantitative estimate of drug-likeness (QED) is 0.738. The Hall–Kier alpha value is -1.59. The Morgan fingerprint density at radius 3 is 2.57 bits per heavy atom. The average molecular weight is 329 g/mol. The van der Waals surface area contributed by atoms with Crippen molar-refractivity contribution in [3.8, 4) is 0 Å². The lowest BCUT2D eigenvalue weighted by atomic mass is 9.78. The molecule has 1 aromatic carbocycles. The van der Waals surface area contributed by atoms with E-state index in [4.69, 9.17) is 0 Å². The van der Waals surface area contributed by atoms with Gasteiger partial charge in [0.2, 0.25) is 0 Å². The van der Waals surface area contributed by atoms with E-state index in [1.807, 2.05) is 50.6 Å². The van der Waals surface area contributed by atoms with Crippen molar-refractivity contribution in [1.82, 2.24) is 9.88 Å². The molecule has 1 aliphatic rings. The molecule has 0 radical (unpaired) electrons. The number of thiazole rings is 1. The van der Waals surface area contributed by atoms with E-state index in [9.17, 15) is 4.91 Å². The highest BCUT2D eigenvalue weighted by Crippen LogP contribution is 2.48. The lowest BCUT2D eigenvalue weighted by Gasteiger charge is -2.31. The zero-order valence-electron chi connectivity index (χ0n) is 13.7. The maximum Gasteiger partial charge on any atom is 0.181 e. The highest BCUT2D eigenvalue weighted by atomic mass is 32.1. The number of hydrogen-bond donors (Lipinski definition) is 0. The Morgan fingerprint density at radius 1 is 1.26 bits per heavy atom. The van der Waals surface area contributed by atoms with Crippen LogP contribution >= 0.6 is 11.3 Å². The predicted octanol–water partition coefficient (Wildman–Crippen LogP) is 4.40. The molecule has 1 aliphatic carbocycles. The van der Waals surface area contributed by atoms with Gasteiger partial charge in [-0.3, -0.25) is 0 Å². The number of benzene rings is 1. The van der Waals surface area contributed by atoms with Crippen molar-refractivity contribution < 1.29 is 0 Å². The van der Waals surface area contributed by atoms with E-state index in [2.05, 4.69) is 15.1 Å². The lowest BCUT2D eigenvalue weighted by molar-refractivity contribution is 0.334. The number of nitrogens with zero attached hydrogens (tertiary/aromatic N) is 3. The van der Waals surface area contributed by atoms with Gasteiger partial charge in [-0.2, -0.15) is 0 Å². The van der Waals surface area contributed by atoms with E-state index < -0.39 is 5.54 Å². The second-order valence-corrected chi connectivity index (χ2v) is 7.69. The van der Waals surface area contributed by atoms with Crippen LogP contribution in [0, 0.1) is 10.8 Å². The van der Waals surface area contributed by atoms with Crippen LogP contribution < -0.4 is 0 Å². The Labute approximate surface area is 141 Å². The molecular formula is C18H23N3OS. The molecule has 0 amide bonds. The number of nitroso groups, excluding NO2 is 1. The molecule has 0 spiro atoms. The molecular weight excluding hydrogens is 306 g/mol. The van der Waals surface area contributed by atoms with Gasteiger partial charge in [0.15, 0.2) is 5.54 Å². The second-order valence-electron chi connectivity index (χ2n) is 6.57. The van der Waals surface area contributed by atoms with Gasteiger partial charge in [0.1, 0.15) is 5.01 Å². The zero-order valence-corrected chi connectivity index (χ0v) is 14.6.